The van der Waals surface area contributed by atoms with E-state index in [2.05, 4.69) is 30.2 Å². The first-order chi connectivity index (χ1) is 10.4. The van der Waals surface area contributed by atoms with Crippen LogP contribution in [0, 0.1) is 16.7 Å². The van der Waals surface area contributed by atoms with E-state index in [1.54, 1.807) is 12.4 Å². The Morgan fingerprint density at radius 2 is 2.18 bits per heavy atom. The summed E-state index contributed by atoms with van der Waals surface area (Å²) in [4.78, 5) is 16.9. The lowest BCUT2D eigenvalue weighted by molar-refractivity contribution is -0.118. The SMILES string of the molecule is CC1=C(C#N)[C@H](c2cccnc2)C2=C(CC(C)(C)CC2=O)N1. The van der Waals surface area contributed by atoms with E-state index in [4.69, 9.17) is 0 Å². The lowest BCUT2D eigenvalue weighted by Gasteiger charge is -2.38. The van der Waals surface area contributed by atoms with Gasteiger partial charge in [-0.2, -0.15) is 5.26 Å². The number of rotatable bonds is 1. The summed E-state index contributed by atoms with van der Waals surface area (Å²) in [6.07, 6.45) is 4.79. The van der Waals surface area contributed by atoms with Gasteiger partial charge in [0.05, 0.1) is 17.6 Å². The molecule has 0 amide bonds. The maximum atomic E-state index is 12.7. The van der Waals surface area contributed by atoms with Crippen LogP contribution in [0.4, 0.5) is 0 Å². The molecule has 22 heavy (non-hydrogen) atoms. The smallest absolute Gasteiger partial charge is 0.162 e. The average Bonchev–Trinajstić information content (AvgIpc) is 2.45. The number of hydrogen-bond donors (Lipinski definition) is 1. The molecule has 0 radical (unpaired) electrons. The number of dihydropyridines is 1. The molecule has 0 unspecified atom stereocenters. The molecule has 1 atom stereocenters. The molecule has 1 aliphatic heterocycles. The van der Waals surface area contributed by atoms with Gasteiger partial charge in [-0.15, -0.1) is 0 Å². The van der Waals surface area contributed by atoms with Crippen LogP contribution in [0.5, 0.6) is 0 Å². The quantitative estimate of drug-likeness (QED) is 0.863. The molecule has 1 aliphatic carbocycles. The molecule has 0 spiro atoms. The van der Waals surface area contributed by atoms with Crippen molar-refractivity contribution in [1.82, 2.24) is 10.3 Å². The van der Waals surface area contributed by atoms with Gasteiger partial charge in [-0.25, -0.2) is 0 Å². The van der Waals surface area contributed by atoms with Gasteiger partial charge in [0.1, 0.15) is 0 Å². The van der Waals surface area contributed by atoms with Crippen LogP contribution >= 0.6 is 0 Å². The van der Waals surface area contributed by atoms with Crippen molar-refractivity contribution in [3.05, 3.63) is 52.6 Å². The molecule has 3 rings (SSSR count). The molecule has 0 bridgehead atoms. The van der Waals surface area contributed by atoms with Crippen molar-refractivity contribution in [3.8, 4) is 6.07 Å². The molecule has 1 aromatic heterocycles. The number of ketones is 1. The Balaban J connectivity index is 2.18. The number of nitriles is 1. The molecule has 1 N–H and O–H groups in total. The minimum atomic E-state index is -0.293. The average molecular weight is 293 g/mol. The zero-order valence-electron chi connectivity index (χ0n) is 13.1. The predicted octanol–water partition coefficient (Wildman–Crippen LogP) is 3.21. The summed E-state index contributed by atoms with van der Waals surface area (Å²) < 4.78 is 0. The summed E-state index contributed by atoms with van der Waals surface area (Å²) in [5.74, 6) is -0.161. The highest BCUT2D eigenvalue weighted by molar-refractivity contribution is 6.00. The molecule has 2 heterocycles. The number of nitrogens with zero attached hydrogens (tertiary/aromatic N) is 2. The third-order valence-corrected chi connectivity index (χ3v) is 4.38. The van der Waals surface area contributed by atoms with Crippen LogP contribution in [-0.4, -0.2) is 10.8 Å². The fourth-order valence-electron chi connectivity index (χ4n) is 3.46. The number of nitrogens with one attached hydrogen (secondary N) is 1. The monoisotopic (exact) mass is 293 g/mol. The van der Waals surface area contributed by atoms with Crippen LogP contribution < -0.4 is 5.32 Å². The fraction of sp³-hybridized carbons (Fsp3) is 0.389. The van der Waals surface area contributed by atoms with E-state index in [-0.39, 0.29) is 17.1 Å². The number of Topliss-reactive ketones (excluding diaryl/α,β-unsaturated/α-hetero) is 1. The highest BCUT2D eigenvalue weighted by Crippen LogP contribution is 2.45. The molecule has 0 fully saturated rings. The van der Waals surface area contributed by atoms with E-state index in [1.165, 1.54) is 0 Å². The van der Waals surface area contributed by atoms with E-state index in [9.17, 15) is 10.1 Å². The van der Waals surface area contributed by atoms with Gasteiger partial charge in [-0.05, 0) is 30.4 Å². The summed E-state index contributed by atoms with van der Waals surface area (Å²) in [6.45, 7) is 6.11. The molecule has 0 aromatic carbocycles. The van der Waals surface area contributed by atoms with Crippen molar-refractivity contribution in [3.63, 3.8) is 0 Å². The first-order valence-corrected chi connectivity index (χ1v) is 7.47. The van der Waals surface area contributed by atoms with Crippen molar-refractivity contribution in [2.75, 3.05) is 0 Å². The second-order valence-electron chi connectivity index (χ2n) is 6.83. The molecule has 2 aliphatic rings. The second kappa shape index (κ2) is 5.10. The Labute approximate surface area is 130 Å². The maximum absolute atomic E-state index is 12.7. The number of aromatic nitrogens is 1. The van der Waals surface area contributed by atoms with Crippen LogP contribution in [0.3, 0.4) is 0 Å². The Bertz CT molecular complexity index is 735. The van der Waals surface area contributed by atoms with Crippen molar-refractivity contribution in [2.45, 2.75) is 39.5 Å². The van der Waals surface area contributed by atoms with E-state index in [0.29, 0.717) is 12.0 Å². The minimum Gasteiger partial charge on any atom is -0.361 e. The number of allylic oxidation sites excluding steroid dienone is 4. The highest BCUT2D eigenvalue weighted by atomic mass is 16.1. The van der Waals surface area contributed by atoms with E-state index in [1.807, 2.05) is 19.1 Å². The molecule has 0 saturated carbocycles. The summed E-state index contributed by atoms with van der Waals surface area (Å²) in [5, 5.41) is 12.9. The van der Waals surface area contributed by atoms with Crippen LogP contribution in [-0.2, 0) is 4.79 Å². The lowest BCUT2D eigenvalue weighted by atomic mass is 9.69. The Morgan fingerprint density at radius 1 is 1.41 bits per heavy atom. The number of hydrogen-bond acceptors (Lipinski definition) is 4. The molecule has 0 saturated heterocycles. The van der Waals surface area contributed by atoms with Gasteiger partial charge in [0.25, 0.3) is 0 Å². The normalized spacial score (nSPS) is 23.7. The summed E-state index contributed by atoms with van der Waals surface area (Å²) in [5.41, 5.74) is 4.01. The number of carbonyl (C=O) groups is 1. The van der Waals surface area contributed by atoms with Gasteiger partial charge >= 0.3 is 0 Å². The van der Waals surface area contributed by atoms with Gasteiger partial charge < -0.3 is 5.32 Å². The Morgan fingerprint density at radius 3 is 2.82 bits per heavy atom. The third-order valence-electron chi connectivity index (χ3n) is 4.38. The van der Waals surface area contributed by atoms with Gasteiger partial charge in [-0.3, -0.25) is 9.78 Å². The molecule has 4 nitrogen and oxygen atoms in total. The number of pyridine rings is 1. The highest BCUT2D eigenvalue weighted by Gasteiger charge is 2.41. The first kappa shape index (κ1) is 14.5. The van der Waals surface area contributed by atoms with Crippen LogP contribution in [0.25, 0.3) is 0 Å². The van der Waals surface area contributed by atoms with E-state index < -0.39 is 0 Å². The Hall–Kier alpha value is -2.41. The Kier molecular flexibility index (Phi) is 3.37. The second-order valence-corrected chi connectivity index (χ2v) is 6.83. The summed E-state index contributed by atoms with van der Waals surface area (Å²) in [7, 11) is 0. The topological polar surface area (TPSA) is 65.8 Å². The summed E-state index contributed by atoms with van der Waals surface area (Å²) >= 11 is 0. The zero-order valence-corrected chi connectivity index (χ0v) is 13.1. The number of carbonyl (C=O) groups excluding carboxylic acids is 1. The van der Waals surface area contributed by atoms with Crippen molar-refractivity contribution in [1.29, 1.82) is 5.26 Å². The standard InChI is InChI=1S/C18H19N3O/c1-11-13(9-19)16(12-5-4-6-20-10-12)17-14(21-11)7-18(2,3)8-15(17)22/h4-6,10,16,21H,7-8H2,1-3H3/t16-/m0/s1. The molecular weight excluding hydrogens is 274 g/mol. The van der Waals surface area contributed by atoms with Crippen LogP contribution in [0.2, 0.25) is 0 Å². The van der Waals surface area contributed by atoms with Crippen molar-refractivity contribution < 1.29 is 4.79 Å². The molecule has 112 valence electrons. The van der Waals surface area contributed by atoms with E-state index >= 15 is 0 Å². The fourth-order valence-corrected chi connectivity index (χ4v) is 3.46. The van der Waals surface area contributed by atoms with Crippen LogP contribution in [0.1, 0.15) is 45.1 Å². The molecule has 1 aromatic rings. The largest absolute Gasteiger partial charge is 0.361 e. The van der Waals surface area contributed by atoms with Gasteiger partial charge in [-0.1, -0.05) is 19.9 Å². The third kappa shape index (κ3) is 2.33. The van der Waals surface area contributed by atoms with Gasteiger partial charge in [0, 0.05) is 35.8 Å². The van der Waals surface area contributed by atoms with Crippen molar-refractivity contribution in [2.24, 2.45) is 5.41 Å². The van der Waals surface area contributed by atoms with Crippen molar-refractivity contribution >= 4 is 5.78 Å². The predicted molar refractivity (Wildman–Crippen MR) is 83.5 cm³/mol. The lowest BCUT2D eigenvalue weighted by Crippen LogP contribution is -2.36. The van der Waals surface area contributed by atoms with Crippen LogP contribution in [0.15, 0.2) is 47.1 Å². The zero-order chi connectivity index (χ0) is 15.9. The molecular formula is C18H19N3O. The van der Waals surface area contributed by atoms with Gasteiger partial charge in [0.15, 0.2) is 5.78 Å². The molecule has 4 heteroatoms. The van der Waals surface area contributed by atoms with E-state index in [0.717, 1.165) is 29.0 Å². The first-order valence-electron chi connectivity index (χ1n) is 7.47. The maximum Gasteiger partial charge on any atom is 0.162 e. The summed E-state index contributed by atoms with van der Waals surface area (Å²) in [6, 6.07) is 6.06. The van der Waals surface area contributed by atoms with Gasteiger partial charge in [0.2, 0.25) is 0 Å². The minimum absolute atomic E-state index is 0.0488.